The second-order valence-corrected chi connectivity index (χ2v) is 12.2. The lowest BCUT2D eigenvalue weighted by atomic mass is 9.80. The summed E-state index contributed by atoms with van der Waals surface area (Å²) in [5, 5.41) is 0. The van der Waals surface area contributed by atoms with E-state index < -0.39 is 80.8 Å². The average molecular weight is 755 g/mol. The van der Waals surface area contributed by atoms with Crippen LogP contribution in [0.5, 0.6) is 0 Å². The molecular weight excluding hydrogens is 719 g/mol. The van der Waals surface area contributed by atoms with Crippen molar-refractivity contribution >= 4 is 10.0 Å². The van der Waals surface area contributed by atoms with E-state index >= 15 is 0 Å². The van der Waals surface area contributed by atoms with Crippen LogP contribution >= 0.6 is 0 Å². The number of hydrogen-bond donors (Lipinski definition) is 0. The van der Waals surface area contributed by atoms with E-state index in [0.717, 1.165) is 45.4 Å². The van der Waals surface area contributed by atoms with Crippen molar-refractivity contribution in [3.05, 3.63) is 23.3 Å². The number of unbranched alkanes of at least 4 members (excludes halogenated alkanes) is 9. The molecule has 0 saturated heterocycles. The molecule has 0 aromatic rings. The zero-order chi connectivity index (χ0) is 37.6. The maximum Gasteiger partial charge on any atom is 0.460 e. The van der Waals surface area contributed by atoms with Gasteiger partial charge in [0, 0.05) is 18.1 Å². The number of halogens is 17. The Labute approximate surface area is 268 Å². The Balaban J connectivity index is 2.98. The molecule has 2 nitrogen and oxygen atoms in total. The smallest absolute Gasteiger partial charge is 0.393 e. The van der Waals surface area contributed by atoms with E-state index in [1.807, 2.05) is 0 Å². The SMILES string of the molecule is CCCCCCCCCCCCO[Si]OC1C=CC(C(F)(F)C(F)(F)C(F)(F)C(F)(F)C(F)(F)C(F)(F)C(F)(F)C(F)(F)F)=C(C)C1C. The summed E-state index contributed by atoms with van der Waals surface area (Å²) in [7, 11) is -0.744. The predicted octanol–water partition coefficient (Wildman–Crippen LogP) is 11.4. The lowest BCUT2D eigenvalue weighted by molar-refractivity contribution is -0.460. The summed E-state index contributed by atoms with van der Waals surface area (Å²) >= 11 is 0. The third-order valence-electron chi connectivity index (χ3n) is 7.96. The normalized spacial score (nSPS) is 19.4. The molecule has 0 heterocycles. The van der Waals surface area contributed by atoms with E-state index in [9.17, 15) is 74.6 Å². The predicted molar refractivity (Wildman–Crippen MR) is 140 cm³/mol. The fourth-order valence-corrected chi connectivity index (χ4v) is 5.29. The third-order valence-corrected chi connectivity index (χ3v) is 8.65. The van der Waals surface area contributed by atoms with Crippen molar-refractivity contribution in [2.45, 2.75) is 139 Å². The monoisotopic (exact) mass is 754 g/mol. The number of allylic oxidation sites excluding steroid dienone is 2. The molecule has 1 rings (SSSR count). The summed E-state index contributed by atoms with van der Waals surface area (Å²) in [4.78, 5) is 0. The van der Waals surface area contributed by atoms with E-state index in [0.29, 0.717) is 19.4 Å². The highest BCUT2D eigenvalue weighted by Crippen LogP contribution is 2.64. The van der Waals surface area contributed by atoms with Gasteiger partial charge < -0.3 is 8.85 Å². The van der Waals surface area contributed by atoms with Crippen molar-refractivity contribution in [2.24, 2.45) is 5.92 Å². The van der Waals surface area contributed by atoms with Crippen LogP contribution in [-0.2, 0) is 8.85 Å². The minimum absolute atomic E-state index is 0.0145. The van der Waals surface area contributed by atoms with Gasteiger partial charge in [-0.25, -0.2) is 0 Å². The molecule has 1 aliphatic carbocycles. The van der Waals surface area contributed by atoms with Gasteiger partial charge in [0.05, 0.1) is 6.10 Å². The van der Waals surface area contributed by atoms with Crippen LogP contribution < -0.4 is 0 Å². The Morgan fingerprint density at radius 1 is 0.583 bits per heavy atom. The summed E-state index contributed by atoms with van der Waals surface area (Å²) in [5.74, 6) is -58.1. The van der Waals surface area contributed by atoms with Gasteiger partial charge in [0.25, 0.3) is 0 Å². The fourth-order valence-electron chi connectivity index (χ4n) is 4.60. The quantitative estimate of drug-likeness (QED) is 0.0660. The minimum Gasteiger partial charge on any atom is -0.393 e. The van der Waals surface area contributed by atoms with Crippen LogP contribution in [0.3, 0.4) is 0 Å². The number of rotatable bonds is 21. The molecule has 2 unspecified atom stereocenters. The molecule has 0 amide bonds. The van der Waals surface area contributed by atoms with Crippen LogP contribution in [0.25, 0.3) is 0 Å². The molecular formula is C28H35F17O2Si. The summed E-state index contributed by atoms with van der Waals surface area (Å²) < 4.78 is 243. The van der Waals surface area contributed by atoms with Crippen LogP contribution in [0, 0.1) is 5.92 Å². The zero-order valence-electron chi connectivity index (χ0n) is 25.8. The molecule has 0 spiro atoms. The van der Waals surface area contributed by atoms with Crippen molar-refractivity contribution in [3.63, 3.8) is 0 Å². The van der Waals surface area contributed by atoms with Crippen LogP contribution in [0.4, 0.5) is 74.6 Å². The van der Waals surface area contributed by atoms with Crippen molar-refractivity contribution < 1.29 is 83.5 Å². The summed E-state index contributed by atoms with van der Waals surface area (Å²) in [6.07, 6.45) is 1.86. The third kappa shape index (κ3) is 8.48. The highest BCUT2D eigenvalue weighted by Gasteiger charge is 2.95. The summed E-state index contributed by atoms with van der Waals surface area (Å²) in [6.45, 7) is 3.96. The van der Waals surface area contributed by atoms with E-state index in [-0.39, 0.29) is 12.7 Å². The first-order chi connectivity index (χ1) is 21.6. The van der Waals surface area contributed by atoms with Gasteiger partial charge >= 0.3 is 57.6 Å². The lowest BCUT2D eigenvalue weighted by Gasteiger charge is -2.43. The second kappa shape index (κ2) is 16.2. The van der Waals surface area contributed by atoms with Gasteiger partial charge in [-0.15, -0.1) is 0 Å². The molecule has 2 atom stereocenters. The van der Waals surface area contributed by atoms with Crippen molar-refractivity contribution in [1.29, 1.82) is 0 Å². The van der Waals surface area contributed by atoms with Crippen molar-refractivity contribution in [2.75, 3.05) is 6.61 Å². The van der Waals surface area contributed by atoms with Crippen LogP contribution in [0.15, 0.2) is 23.3 Å². The minimum atomic E-state index is -8.66. The van der Waals surface area contributed by atoms with Crippen LogP contribution in [0.2, 0.25) is 0 Å². The van der Waals surface area contributed by atoms with E-state index in [1.165, 1.54) is 19.3 Å². The second-order valence-electron chi connectivity index (χ2n) is 11.5. The summed E-state index contributed by atoms with van der Waals surface area (Å²) in [6, 6.07) is 0. The van der Waals surface area contributed by atoms with E-state index in [4.69, 9.17) is 8.85 Å². The van der Waals surface area contributed by atoms with Crippen molar-refractivity contribution in [3.8, 4) is 0 Å². The van der Waals surface area contributed by atoms with Gasteiger partial charge in [-0.1, -0.05) is 89.4 Å². The molecule has 20 heteroatoms. The highest BCUT2D eigenvalue weighted by atomic mass is 28.3. The molecule has 1 aliphatic rings. The largest absolute Gasteiger partial charge is 0.460 e. The molecule has 0 aliphatic heterocycles. The zero-order valence-corrected chi connectivity index (χ0v) is 26.8. The number of hydrogen-bond acceptors (Lipinski definition) is 2. The average Bonchev–Trinajstić information content (AvgIpc) is 2.96. The van der Waals surface area contributed by atoms with Gasteiger partial charge in [-0.05, 0) is 13.3 Å². The molecule has 2 radical (unpaired) electrons. The highest BCUT2D eigenvalue weighted by molar-refractivity contribution is 6.18. The van der Waals surface area contributed by atoms with Gasteiger partial charge in [0.15, 0.2) is 0 Å². The molecule has 282 valence electrons. The summed E-state index contributed by atoms with van der Waals surface area (Å²) in [5.41, 5.74) is -3.13. The Bertz CT molecular complexity index is 1090. The van der Waals surface area contributed by atoms with Crippen LogP contribution in [0.1, 0.15) is 85.0 Å². The number of alkyl halides is 17. The molecule has 0 fully saturated rings. The first-order valence-electron chi connectivity index (χ1n) is 14.8. The first kappa shape index (κ1) is 44.4. The Morgan fingerprint density at radius 3 is 1.42 bits per heavy atom. The molecule has 0 saturated carbocycles. The Morgan fingerprint density at radius 2 is 0.979 bits per heavy atom. The molecule has 48 heavy (non-hydrogen) atoms. The lowest BCUT2D eigenvalue weighted by Crippen LogP contribution is -2.74. The Hall–Kier alpha value is -1.57. The van der Waals surface area contributed by atoms with Gasteiger partial charge in [-0.3, -0.25) is 0 Å². The van der Waals surface area contributed by atoms with Gasteiger partial charge in [0.2, 0.25) is 0 Å². The van der Waals surface area contributed by atoms with E-state index in [1.54, 1.807) is 0 Å². The van der Waals surface area contributed by atoms with Gasteiger partial charge in [0.1, 0.15) is 0 Å². The Kier molecular flexibility index (Phi) is 15.0. The topological polar surface area (TPSA) is 18.5 Å². The molecule has 0 aromatic heterocycles. The molecule has 0 N–H and O–H groups in total. The van der Waals surface area contributed by atoms with E-state index in [2.05, 4.69) is 6.92 Å². The standard InChI is InChI=1S/C28H35F17O2Si/c1-4-5-6-7-8-9-10-11-12-13-16-46-48-47-20-15-14-19(17(2)18(20)3)21(29,30)22(31,32)23(33,34)24(35,36)25(37,38)26(39,40)27(41,42)28(43,44)45/h14-15,18,20H,4-13,16H2,1-3H3. The first-order valence-corrected chi connectivity index (χ1v) is 15.6. The molecule has 0 aromatic carbocycles. The van der Waals surface area contributed by atoms with Crippen molar-refractivity contribution in [1.82, 2.24) is 0 Å². The van der Waals surface area contributed by atoms with Crippen LogP contribution in [-0.4, -0.2) is 70.4 Å². The fraction of sp³-hybridized carbons (Fsp3) is 0.857. The molecule has 0 bridgehead atoms. The van der Waals surface area contributed by atoms with Gasteiger partial charge in [-0.2, -0.15) is 74.6 Å². The maximum atomic E-state index is 14.8. The maximum absolute atomic E-state index is 14.8.